The van der Waals surface area contributed by atoms with Crippen LogP contribution < -0.4 is 5.32 Å². The summed E-state index contributed by atoms with van der Waals surface area (Å²) in [7, 11) is 0. The number of aliphatic carboxylic acids is 1. The van der Waals surface area contributed by atoms with Crippen molar-refractivity contribution in [2.24, 2.45) is 5.92 Å². The van der Waals surface area contributed by atoms with Crippen molar-refractivity contribution in [3.8, 4) is 0 Å². The van der Waals surface area contributed by atoms with Crippen molar-refractivity contribution in [2.75, 3.05) is 6.54 Å². The van der Waals surface area contributed by atoms with E-state index in [1.165, 1.54) is 5.56 Å². The Morgan fingerprint density at radius 2 is 1.85 bits per heavy atom. The number of rotatable bonds is 8. The number of carboxylic acid groups (broad SMARTS) is 1. The third-order valence-corrected chi connectivity index (χ3v) is 3.37. The topological polar surface area (TPSA) is 66.4 Å². The molecule has 0 aromatic heterocycles. The third kappa shape index (κ3) is 5.87. The van der Waals surface area contributed by atoms with Gasteiger partial charge in [0.1, 0.15) is 0 Å². The molecule has 0 aliphatic carbocycles. The molecule has 2 atom stereocenters. The Balaban J connectivity index is 2.42. The molecule has 0 bridgehead atoms. The molecule has 0 aliphatic rings. The fourth-order valence-corrected chi connectivity index (χ4v) is 2.18. The standard InChI is InChI=1S/C16H23NO3/c1-3-13(14-7-5-4-6-8-14)10-15(18)17-11-12(2)9-16(19)20/h4-8,12-13H,3,9-11H2,1-2H3,(H,17,18)(H,19,20). The number of nitrogens with one attached hydrogen (secondary N) is 1. The molecule has 2 N–H and O–H groups in total. The van der Waals surface area contributed by atoms with Crippen LogP contribution in [0.4, 0.5) is 0 Å². The molecule has 110 valence electrons. The normalized spacial score (nSPS) is 13.5. The van der Waals surface area contributed by atoms with E-state index < -0.39 is 5.97 Å². The van der Waals surface area contributed by atoms with Crippen molar-refractivity contribution in [3.05, 3.63) is 35.9 Å². The summed E-state index contributed by atoms with van der Waals surface area (Å²) in [5.41, 5.74) is 1.17. The van der Waals surface area contributed by atoms with Crippen molar-refractivity contribution >= 4 is 11.9 Å². The SMILES string of the molecule is CCC(CC(=O)NCC(C)CC(=O)O)c1ccccc1. The van der Waals surface area contributed by atoms with E-state index in [4.69, 9.17) is 5.11 Å². The van der Waals surface area contributed by atoms with Crippen LogP contribution in [0.15, 0.2) is 30.3 Å². The van der Waals surface area contributed by atoms with Gasteiger partial charge < -0.3 is 10.4 Å². The van der Waals surface area contributed by atoms with Crippen LogP contribution in [-0.4, -0.2) is 23.5 Å². The van der Waals surface area contributed by atoms with Crippen LogP contribution in [0, 0.1) is 5.92 Å². The second-order valence-corrected chi connectivity index (χ2v) is 5.23. The molecule has 0 saturated carbocycles. The zero-order valence-electron chi connectivity index (χ0n) is 12.1. The molecule has 4 heteroatoms. The maximum atomic E-state index is 11.9. The van der Waals surface area contributed by atoms with Gasteiger partial charge in [0.05, 0.1) is 0 Å². The smallest absolute Gasteiger partial charge is 0.303 e. The maximum absolute atomic E-state index is 11.9. The monoisotopic (exact) mass is 277 g/mol. The van der Waals surface area contributed by atoms with Gasteiger partial charge in [0.15, 0.2) is 0 Å². The van der Waals surface area contributed by atoms with Crippen LogP contribution in [-0.2, 0) is 9.59 Å². The minimum Gasteiger partial charge on any atom is -0.481 e. The Bertz CT molecular complexity index is 431. The molecule has 0 fully saturated rings. The molecule has 1 amide bonds. The van der Waals surface area contributed by atoms with Crippen molar-refractivity contribution in [1.29, 1.82) is 0 Å². The molecule has 0 aliphatic heterocycles. The highest BCUT2D eigenvalue weighted by atomic mass is 16.4. The molecule has 1 rings (SSSR count). The number of hydrogen-bond donors (Lipinski definition) is 2. The molecule has 20 heavy (non-hydrogen) atoms. The summed E-state index contributed by atoms with van der Waals surface area (Å²) < 4.78 is 0. The van der Waals surface area contributed by atoms with Crippen LogP contribution in [0.1, 0.15) is 44.6 Å². The summed E-state index contributed by atoms with van der Waals surface area (Å²) in [5.74, 6) is -0.681. The summed E-state index contributed by atoms with van der Waals surface area (Å²) in [6.45, 7) is 4.30. The highest BCUT2D eigenvalue weighted by molar-refractivity contribution is 5.77. The van der Waals surface area contributed by atoms with E-state index in [0.717, 1.165) is 6.42 Å². The van der Waals surface area contributed by atoms with Gasteiger partial charge in [0, 0.05) is 19.4 Å². The molecule has 2 unspecified atom stereocenters. The summed E-state index contributed by atoms with van der Waals surface area (Å²) in [4.78, 5) is 22.5. The number of carbonyl (C=O) groups excluding carboxylic acids is 1. The molecule has 4 nitrogen and oxygen atoms in total. The van der Waals surface area contributed by atoms with Gasteiger partial charge in [-0.3, -0.25) is 9.59 Å². The second-order valence-electron chi connectivity index (χ2n) is 5.23. The number of carbonyl (C=O) groups is 2. The van der Waals surface area contributed by atoms with Crippen molar-refractivity contribution in [3.63, 3.8) is 0 Å². The van der Waals surface area contributed by atoms with Gasteiger partial charge in [-0.05, 0) is 23.8 Å². The van der Waals surface area contributed by atoms with Crippen LogP contribution in [0.3, 0.4) is 0 Å². The Morgan fingerprint density at radius 1 is 1.20 bits per heavy atom. The predicted octanol–water partition coefficient (Wildman–Crippen LogP) is 2.80. The minimum absolute atomic E-state index is 0.0158. The van der Waals surface area contributed by atoms with E-state index in [1.54, 1.807) is 0 Å². The fourth-order valence-electron chi connectivity index (χ4n) is 2.18. The van der Waals surface area contributed by atoms with Gasteiger partial charge in [-0.2, -0.15) is 0 Å². The number of carboxylic acids is 1. The summed E-state index contributed by atoms with van der Waals surface area (Å²) in [6, 6.07) is 9.99. The van der Waals surface area contributed by atoms with E-state index in [2.05, 4.69) is 12.2 Å². The van der Waals surface area contributed by atoms with Gasteiger partial charge in [-0.15, -0.1) is 0 Å². The highest BCUT2D eigenvalue weighted by Gasteiger charge is 2.15. The molecule has 0 saturated heterocycles. The largest absolute Gasteiger partial charge is 0.481 e. The molecular weight excluding hydrogens is 254 g/mol. The first-order chi connectivity index (χ1) is 9.52. The van der Waals surface area contributed by atoms with Crippen molar-refractivity contribution < 1.29 is 14.7 Å². The Hall–Kier alpha value is -1.84. The molecule has 1 aromatic carbocycles. The maximum Gasteiger partial charge on any atom is 0.303 e. The van der Waals surface area contributed by atoms with Gasteiger partial charge in [-0.25, -0.2) is 0 Å². The summed E-state index contributed by atoms with van der Waals surface area (Å²) in [6.07, 6.45) is 1.43. The number of amides is 1. The number of benzene rings is 1. The lowest BCUT2D eigenvalue weighted by Gasteiger charge is -2.16. The zero-order valence-corrected chi connectivity index (χ0v) is 12.1. The number of hydrogen-bond acceptors (Lipinski definition) is 2. The van der Waals surface area contributed by atoms with Crippen LogP contribution >= 0.6 is 0 Å². The van der Waals surface area contributed by atoms with Gasteiger partial charge in [0.25, 0.3) is 0 Å². The Labute approximate surface area is 120 Å². The zero-order chi connectivity index (χ0) is 15.0. The molecular formula is C16H23NO3. The lowest BCUT2D eigenvalue weighted by atomic mass is 9.93. The lowest BCUT2D eigenvalue weighted by molar-refractivity contribution is -0.138. The first-order valence-corrected chi connectivity index (χ1v) is 7.06. The molecule has 0 heterocycles. The third-order valence-electron chi connectivity index (χ3n) is 3.37. The minimum atomic E-state index is -0.831. The van der Waals surface area contributed by atoms with E-state index in [9.17, 15) is 9.59 Å². The molecule has 0 spiro atoms. The van der Waals surface area contributed by atoms with Gasteiger partial charge in [-0.1, -0.05) is 44.2 Å². The average Bonchev–Trinajstić information content (AvgIpc) is 2.43. The van der Waals surface area contributed by atoms with Crippen molar-refractivity contribution in [1.82, 2.24) is 5.32 Å². The fraction of sp³-hybridized carbons (Fsp3) is 0.500. The van der Waals surface area contributed by atoms with E-state index >= 15 is 0 Å². The van der Waals surface area contributed by atoms with E-state index in [1.807, 2.05) is 37.3 Å². The van der Waals surface area contributed by atoms with Crippen molar-refractivity contribution in [2.45, 2.75) is 39.0 Å². The molecule has 0 radical (unpaired) electrons. The highest BCUT2D eigenvalue weighted by Crippen LogP contribution is 2.22. The first kappa shape index (κ1) is 16.2. The second kappa shape index (κ2) is 8.35. The van der Waals surface area contributed by atoms with E-state index in [-0.39, 0.29) is 24.2 Å². The first-order valence-electron chi connectivity index (χ1n) is 7.06. The summed E-state index contributed by atoms with van der Waals surface area (Å²) in [5, 5.41) is 11.5. The van der Waals surface area contributed by atoms with Gasteiger partial charge >= 0.3 is 5.97 Å². The lowest BCUT2D eigenvalue weighted by Crippen LogP contribution is -2.30. The van der Waals surface area contributed by atoms with Crippen LogP contribution in [0.2, 0.25) is 0 Å². The van der Waals surface area contributed by atoms with Crippen LogP contribution in [0.25, 0.3) is 0 Å². The quantitative estimate of drug-likeness (QED) is 0.768. The Kier molecular flexibility index (Phi) is 6.77. The average molecular weight is 277 g/mol. The van der Waals surface area contributed by atoms with E-state index in [0.29, 0.717) is 13.0 Å². The van der Waals surface area contributed by atoms with Crippen LogP contribution in [0.5, 0.6) is 0 Å². The van der Waals surface area contributed by atoms with Gasteiger partial charge in [0.2, 0.25) is 5.91 Å². The summed E-state index contributed by atoms with van der Waals surface area (Å²) >= 11 is 0. The predicted molar refractivity (Wildman–Crippen MR) is 78.5 cm³/mol. The molecule has 1 aromatic rings. The Morgan fingerprint density at radius 3 is 2.40 bits per heavy atom.